The predicted molar refractivity (Wildman–Crippen MR) is 95.0 cm³/mol. The Morgan fingerprint density at radius 1 is 1.37 bits per heavy atom. The standard InChI is InChI=1S/C18H23N3O6/c1-3-11-9-21(16-14(23)13(22)10(2)26-16)17(24)19-15(11)20-18(25)27-12-7-5-4-6-8-12/h1,9-10,12-14,16,22-23H,4-8H2,2H3,(H,19,20,24,25)/t10-,13?,14?,16-/m1/s1. The lowest BCUT2D eigenvalue weighted by atomic mass is 9.98. The van der Waals surface area contributed by atoms with Crippen molar-refractivity contribution in [3.8, 4) is 12.3 Å². The number of carbonyl (C=O) groups is 1. The van der Waals surface area contributed by atoms with Crippen molar-refractivity contribution in [3.63, 3.8) is 0 Å². The number of rotatable bonds is 3. The van der Waals surface area contributed by atoms with Crippen molar-refractivity contribution in [2.75, 3.05) is 5.32 Å². The Bertz CT molecular complexity index is 795. The van der Waals surface area contributed by atoms with Crippen LogP contribution in [0, 0.1) is 12.3 Å². The second-order valence-electron chi connectivity index (χ2n) is 6.84. The molecule has 2 heterocycles. The number of hydrogen-bond acceptors (Lipinski definition) is 7. The van der Waals surface area contributed by atoms with Crippen molar-refractivity contribution >= 4 is 11.9 Å². The van der Waals surface area contributed by atoms with Gasteiger partial charge in [0.05, 0.1) is 11.7 Å². The number of anilines is 1. The first-order valence-electron chi connectivity index (χ1n) is 8.99. The lowest BCUT2D eigenvalue weighted by Gasteiger charge is -2.22. The van der Waals surface area contributed by atoms with Gasteiger partial charge >= 0.3 is 11.8 Å². The van der Waals surface area contributed by atoms with E-state index in [1.54, 1.807) is 6.92 Å². The van der Waals surface area contributed by atoms with Gasteiger partial charge < -0.3 is 19.7 Å². The molecular formula is C18H23N3O6. The van der Waals surface area contributed by atoms with Gasteiger partial charge in [-0.25, -0.2) is 9.59 Å². The van der Waals surface area contributed by atoms with Crippen LogP contribution in [0.4, 0.5) is 10.6 Å². The molecule has 1 aromatic rings. The molecule has 9 nitrogen and oxygen atoms in total. The number of ether oxygens (including phenoxy) is 2. The highest BCUT2D eigenvalue weighted by Crippen LogP contribution is 2.28. The molecule has 0 bridgehead atoms. The average Bonchev–Trinajstić information content (AvgIpc) is 2.90. The van der Waals surface area contributed by atoms with Gasteiger partial charge in [0.15, 0.2) is 12.0 Å². The minimum atomic E-state index is -1.31. The maximum atomic E-state index is 12.3. The largest absolute Gasteiger partial charge is 0.446 e. The number of terminal acetylenes is 1. The molecular weight excluding hydrogens is 354 g/mol. The molecule has 3 rings (SSSR count). The summed E-state index contributed by atoms with van der Waals surface area (Å²) >= 11 is 0. The Labute approximate surface area is 156 Å². The summed E-state index contributed by atoms with van der Waals surface area (Å²) in [5.74, 6) is 2.24. The molecule has 27 heavy (non-hydrogen) atoms. The molecule has 1 saturated heterocycles. The fraction of sp³-hybridized carbons (Fsp3) is 0.611. The van der Waals surface area contributed by atoms with Crippen molar-refractivity contribution in [2.45, 2.75) is 69.7 Å². The summed E-state index contributed by atoms with van der Waals surface area (Å²) in [6.07, 6.45) is 6.39. The Morgan fingerprint density at radius 3 is 2.67 bits per heavy atom. The van der Waals surface area contributed by atoms with Crippen molar-refractivity contribution in [2.24, 2.45) is 0 Å². The Hall–Kier alpha value is -2.41. The van der Waals surface area contributed by atoms with Gasteiger partial charge in [0.1, 0.15) is 18.3 Å². The number of nitrogens with one attached hydrogen (secondary N) is 1. The minimum absolute atomic E-state index is 0.0966. The molecule has 9 heteroatoms. The number of carbonyl (C=O) groups excluding carboxylic acids is 1. The SMILES string of the molecule is C#Cc1cn([C@@H]2O[C@H](C)C(O)C2O)c(=O)nc1NC(=O)OC1CCCCC1. The third-order valence-electron chi connectivity index (χ3n) is 4.90. The van der Waals surface area contributed by atoms with Crippen LogP contribution in [0.1, 0.15) is 50.8 Å². The molecule has 2 fully saturated rings. The van der Waals surface area contributed by atoms with Crippen molar-refractivity contribution in [1.82, 2.24) is 9.55 Å². The normalized spacial score (nSPS) is 28.5. The number of aliphatic hydroxyl groups is 2. The highest BCUT2D eigenvalue weighted by molar-refractivity contribution is 5.85. The van der Waals surface area contributed by atoms with E-state index in [4.69, 9.17) is 15.9 Å². The van der Waals surface area contributed by atoms with Crippen LogP contribution < -0.4 is 11.0 Å². The summed E-state index contributed by atoms with van der Waals surface area (Å²) in [6.45, 7) is 1.58. The zero-order valence-electron chi connectivity index (χ0n) is 15.0. The molecule has 1 aromatic heterocycles. The fourth-order valence-corrected chi connectivity index (χ4v) is 3.37. The van der Waals surface area contributed by atoms with Gasteiger partial charge in [-0.05, 0) is 32.6 Å². The number of nitrogens with zero attached hydrogens (tertiary/aromatic N) is 2. The Kier molecular flexibility index (Phi) is 5.79. The number of amides is 1. The van der Waals surface area contributed by atoms with Crippen LogP contribution in [0.2, 0.25) is 0 Å². The first-order chi connectivity index (χ1) is 12.9. The lowest BCUT2D eigenvalue weighted by Crippen LogP contribution is -2.36. The first-order valence-corrected chi connectivity index (χ1v) is 8.99. The van der Waals surface area contributed by atoms with Gasteiger partial charge in [0, 0.05) is 6.20 Å². The van der Waals surface area contributed by atoms with E-state index in [9.17, 15) is 19.8 Å². The van der Waals surface area contributed by atoms with E-state index in [2.05, 4.69) is 16.2 Å². The van der Waals surface area contributed by atoms with Gasteiger partial charge in [0.25, 0.3) is 0 Å². The predicted octanol–water partition coefficient (Wildman–Crippen LogP) is 0.745. The molecule has 1 aliphatic carbocycles. The van der Waals surface area contributed by atoms with E-state index < -0.39 is 36.3 Å². The van der Waals surface area contributed by atoms with Crippen LogP contribution in [0.15, 0.2) is 11.0 Å². The molecule has 146 valence electrons. The van der Waals surface area contributed by atoms with E-state index in [0.717, 1.165) is 36.7 Å². The van der Waals surface area contributed by atoms with Gasteiger partial charge in [-0.2, -0.15) is 4.98 Å². The first kappa shape index (κ1) is 19.4. The zero-order valence-corrected chi connectivity index (χ0v) is 15.0. The Balaban J connectivity index is 1.77. The van der Waals surface area contributed by atoms with Crippen LogP contribution in [-0.2, 0) is 9.47 Å². The molecule has 2 aliphatic rings. The van der Waals surface area contributed by atoms with Gasteiger partial charge in [-0.1, -0.05) is 12.3 Å². The Morgan fingerprint density at radius 2 is 2.07 bits per heavy atom. The highest BCUT2D eigenvalue weighted by atomic mass is 16.6. The van der Waals surface area contributed by atoms with E-state index >= 15 is 0 Å². The second kappa shape index (κ2) is 8.08. The van der Waals surface area contributed by atoms with Crippen LogP contribution in [0.3, 0.4) is 0 Å². The molecule has 1 amide bonds. The van der Waals surface area contributed by atoms with Crippen LogP contribution in [0.25, 0.3) is 0 Å². The number of hydrogen-bond donors (Lipinski definition) is 3. The molecule has 2 unspecified atom stereocenters. The van der Waals surface area contributed by atoms with Crippen LogP contribution in [0.5, 0.6) is 0 Å². The summed E-state index contributed by atoms with van der Waals surface area (Å²) in [5.41, 5.74) is -0.660. The van der Waals surface area contributed by atoms with E-state index in [1.165, 1.54) is 6.20 Å². The average molecular weight is 377 g/mol. The molecule has 3 N–H and O–H groups in total. The van der Waals surface area contributed by atoms with Crippen LogP contribution >= 0.6 is 0 Å². The molecule has 0 spiro atoms. The van der Waals surface area contributed by atoms with Crippen molar-refractivity contribution < 1.29 is 24.5 Å². The van der Waals surface area contributed by atoms with Gasteiger partial charge in [-0.15, -0.1) is 6.42 Å². The summed E-state index contributed by atoms with van der Waals surface area (Å²) in [6, 6.07) is 0. The molecule has 0 radical (unpaired) electrons. The molecule has 4 atom stereocenters. The smallest absolute Gasteiger partial charge is 0.413 e. The number of aromatic nitrogens is 2. The van der Waals surface area contributed by atoms with Gasteiger partial charge in [-0.3, -0.25) is 9.88 Å². The third kappa shape index (κ3) is 4.13. The van der Waals surface area contributed by atoms with Crippen molar-refractivity contribution in [1.29, 1.82) is 0 Å². The van der Waals surface area contributed by atoms with Crippen molar-refractivity contribution in [3.05, 3.63) is 22.2 Å². The van der Waals surface area contributed by atoms with Crippen LogP contribution in [-0.4, -0.2) is 50.3 Å². The number of aliphatic hydroxyl groups excluding tert-OH is 2. The topological polar surface area (TPSA) is 123 Å². The maximum absolute atomic E-state index is 12.3. The summed E-state index contributed by atoms with van der Waals surface area (Å²) in [7, 11) is 0. The minimum Gasteiger partial charge on any atom is -0.446 e. The maximum Gasteiger partial charge on any atom is 0.413 e. The fourth-order valence-electron chi connectivity index (χ4n) is 3.37. The highest BCUT2D eigenvalue weighted by Gasteiger charge is 2.42. The molecule has 1 aliphatic heterocycles. The summed E-state index contributed by atoms with van der Waals surface area (Å²) in [5, 5.41) is 22.3. The lowest BCUT2D eigenvalue weighted by molar-refractivity contribution is -0.0350. The van der Waals surface area contributed by atoms with E-state index in [1.807, 2.05) is 0 Å². The third-order valence-corrected chi connectivity index (χ3v) is 4.90. The van der Waals surface area contributed by atoms with E-state index in [0.29, 0.717) is 0 Å². The van der Waals surface area contributed by atoms with Gasteiger partial charge in [0.2, 0.25) is 0 Å². The monoisotopic (exact) mass is 377 g/mol. The summed E-state index contributed by atoms with van der Waals surface area (Å²) < 4.78 is 11.8. The quantitative estimate of drug-likeness (QED) is 0.664. The second-order valence-corrected chi connectivity index (χ2v) is 6.84. The molecule has 0 aromatic carbocycles. The molecule has 1 saturated carbocycles. The summed E-state index contributed by atoms with van der Waals surface area (Å²) in [4.78, 5) is 28.2. The zero-order chi connectivity index (χ0) is 19.6. The van der Waals surface area contributed by atoms with E-state index in [-0.39, 0.29) is 17.5 Å².